The number of nitrogens with zero attached hydrogens (tertiary/aromatic N) is 2. The first-order chi connectivity index (χ1) is 10.4. The summed E-state index contributed by atoms with van der Waals surface area (Å²) in [6.45, 7) is 2.82. The Balaban J connectivity index is 1.79. The molecule has 1 aliphatic carbocycles. The van der Waals surface area contributed by atoms with Crippen molar-refractivity contribution < 1.29 is 14.7 Å². The summed E-state index contributed by atoms with van der Waals surface area (Å²) in [7, 11) is 0. The van der Waals surface area contributed by atoms with Gasteiger partial charge in [0.1, 0.15) is 12.1 Å². The highest BCUT2D eigenvalue weighted by atomic mass is 79.9. The quantitative estimate of drug-likeness (QED) is 0.858. The molecular formula is C16H19BrN2O3. The highest BCUT2D eigenvalue weighted by molar-refractivity contribution is 9.10. The van der Waals surface area contributed by atoms with Crippen molar-refractivity contribution in [2.75, 3.05) is 19.8 Å². The summed E-state index contributed by atoms with van der Waals surface area (Å²) in [5, 5.41) is 10.8. The maximum atomic E-state index is 12.7. The minimum atomic E-state index is -1.40. The van der Waals surface area contributed by atoms with Gasteiger partial charge in [-0.25, -0.2) is 0 Å². The van der Waals surface area contributed by atoms with Crippen molar-refractivity contribution in [3.05, 3.63) is 33.8 Å². The number of carbonyl (C=O) groups is 2. The maximum absolute atomic E-state index is 12.7. The average Bonchev–Trinajstić information content (AvgIpc) is 2.88. The Kier molecular flexibility index (Phi) is 3.99. The number of benzene rings is 1. The van der Waals surface area contributed by atoms with E-state index >= 15 is 0 Å². The van der Waals surface area contributed by atoms with Crippen LogP contribution in [-0.4, -0.2) is 52.1 Å². The molecule has 0 radical (unpaired) electrons. The average molecular weight is 367 g/mol. The van der Waals surface area contributed by atoms with Crippen LogP contribution in [-0.2, 0) is 22.4 Å². The highest BCUT2D eigenvalue weighted by Gasteiger charge is 2.44. The highest BCUT2D eigenvalue weighted by Crippen LogP contribution is 2.32. The Morgan fingerprint density at radius 3 is 2.86 bits per heavy atom. The zero-order valence-corrected chi connectivity index (χ0v) is 14.1. The lowest BCUT2D eigenvalue weighted by molar-refractivity contribution is -0.152. The minimum Gasteiger partial charge on any atom is -0.380 e. The van der Waals surface area contributed by atoms with E-state index in [1.165, 1.54) is 10.5 Å². The Morgan fingerprint density at radius 1 is 1.41 bits per heavy atom. The number of rotatable bonds is 2. The molecule has 1 atom stereocenters. The molecule has 118 valence electrons. The number of halogens is 1. The van der Waals surface area contributed by atoms with E-state index in [9.17, 15) is 14.7 Å². The molecule has 1 N–H and O–H groups in total. The minimum absolute atomic E-state index is 0.0559. The first-order valence-corrected chi connectivity index (χ1v) is 8.29. The van der Waals surface area contributed by atoms with E-state index in [1.807, 2.05) is 25.1 Å². The van der Waals surface area contributed by atoms with Crippen molar-refractivity contribution in [1.82, 2.24) is 9.80 Å². The molecule has 6 heteroatoms. The molecule has 1 aromatic rings. The van der Waals surface area contributed by atoms with Crippen molar-refractivity contribution in [3.63, 3.8) is 0 Å². The molecular weight excluding hydrogens is 348 g/mol. The van der Waals surface area contributed by atoms with Crippen LogP contribution in [0.4, 0.5) is 0 Å². The summed E-state index contributed by atoms with van der Waals surface area (Å²) in [4.78, 5) is 27.6. The first kappa shape index (κ1) is 15.5. The summed E-state index contributed by atoms with van der Waals surface area (Å²) >= 11 is 3.44. The number of fused-ring (bicyclic) bond motifs is 1. The zero-order valence-electron chi connectivity index (χ0n) is 12.5. The molecule has 1 aromatic carbocycles. The van der Waals surface area contributed by atoms with Crippen LogP contribution in [0.2, 0.25) is 0 Å². The van der Waals surface area contributed by atoms with Crippen LogP contribution >= 0.6 is 15.9 Å². The van der Waals surface area contributed by atoms with Crippen LogP contribution in [0, 0.1) is 0 Å². The van der Waals surface area contributed by atoms with E-state index in [0.29, 0.717) is 25.8 Å². The van der Waals surface area contributed by atoms with Gasteiger partial charge >= 0.3 is 0 Å². The lowest BCUT2D eigenvalue weighted by Gasteiger charge is -2.35. The Bertz CT molecular complexity index is 634. The van der Waals surface area contributed by atoms with E-state index in [-0.39, 0.29) is 25.0 Å². The van der Waals surface area contributed by atoms with Crippen LogP contribution in [0.25, 0.3) is 0 Å². The predicted molar refractivity (Wildman–Crippen MR) is 85.1 cm³/mol. The Hall–Kier alpha value is -1.40. The van der Waals surface area contributed by atoms with Gasteiger partial charge in [0.05, 0.1) is 6.67 Å². The number of aryl methyl sites for hydroxylation is 1. The van der Waals surface area contributed by atoms with Gasteiger partial charge in [-0.3, -0.25) is 9.59 Å². The van der Waals surface area contributed by atoms with Gasteiger partial charge in [0, 0.05) is 17.4 Å². The van der Waals surface area contributed by atoms with Gasteiger partial charge in [0.2, 0.25) is 5.91 Å². The third kappa shape index (κ3) is 2.65. The smallest absolute Gasteiger partial charge is 0.256 e. The maximum Gasteiger partial charge on any atom is 0.256 e. The number of hydrogen-bond acceptors (Lipinski definition) is 3. The molecule has 1 saturated heterocycles. The van der Waals surface area contributed by atoms with Gasteiger partial charge in [0.25, 0.3) is 5.91 Å². The van der Waals surface area contributed by atoms with Crippen molar-refractivity contribution in [3.8, 4) is 0 Å². The molecule has 0 bridgehead atoms. The van der Waals surface area contributed by atoms with Gasteiger partial charge < -0.3 is 14.9 Å². The molecule has 1 heterocycles. The van der Waals surface area contributed by atoms with E-state index in [2.05, 4.69) is 15.9 Å². The molecule has 2 aliphatic rings. The van der Waals surface area contributed by atoms with Crippen molar-refractivity contribution >= 4 is 27.7 Å². The molecule has 0 saturated carbocycles. The molecule has 3 rings (SSSR count). The molecule has 0 spiro atoms. The predicted octanol–water partition coefficient (Wildman–Crippen LogP) is 1.32. The largest absolute Gasteiger partial charge is 0.380 e. The van der Waals surface area contributed by atoms with Gasteiger partial charge in [-0.15, -0.1) is 0 Å². The lowest BCUT2D eigenvalue weighted by Crippen LogP contribution is -2.52. The Labute approximate surface area is 138 Å². The summed E-state index contributed by atoms with van der Waals surface area (Å²) in [6, 6.07) is 5.91. The summed E-state index contributed by atoms with van der Waals surface area (Å²) in [5.41, 5.74) is 0.771. The van der Waals surface area contributed by atoms with Crippen molar-refractivity contribution in [1.29, 1.82) is 0 Å². The van der Waals surface area contributed by atoms with Gasteiger partial charge in [0.15, 0.2) is 0 Å². The SMILES string of the molecule is CCN1CN(C(=O)C2(O)CCc3cc(Br)ccc3C2)CC1=O. The second-order valence-corrected chi connectivity index (χ2v) is 6.93. The molecule has 2 amide bonds. The Morgan fingerprint density at radius 2 is 2.18 bits per heavy atom. The molecule has 1 unspecified atom stereocenters. The number of amides is 2. The fraction of sp³-hybridized carbons (Fsp3) is 0.500. The third-order valence-electron chi connectivity index (χ3n) is 4.55. The van der Waals surface area contributed by atoms with Crippen molar-refractivity contribution in [2.45, 2.75) is 31.8 Å². The standard InChI is InChI=1S/C16H19BrN2O3/c1-2-18-10-19(9-14(18)20)15(21)16(22)6-5-11-7-13(17)4-3-12(11)8-16/h3-4,7,22H,2,5-6,8-10H2,1H3. The normalized spacial score (nSPS) is 24.6. The molecule has 22 heavy (non-hydrogen) atoms. The van der Waals surface area contributed by atoms with Crippen LogP contribution in [0.15, 0.2) is 22.7 Å². The fourth-order valence-corrected chi connectivity index (χ4v) is 3.64. The zero-order chi connectivity index (χ0) is 15.9. The molecule has 5 nitrogen and oxygen atoms in total. The van der Waals surface area contributed by atoms with Gasteiger partial charge in [-0.1, -0.05) is 22.0 Å². The molecule has 1 fully saturated rings. The number of hydrogen-bond donors (Lipinski definition) is 1. The van der Waals surface area contributed by atoms with E-state index in [1.54, 1.807) is 4.90 Å². The number of carbonyl (C=O) groups excluding carboxylic acids is 2. The van der Waals surface area contributed by atoms with Crippen LogP contribution in [0.5, 0.6) is 0 Å². The topological polar surface area (TPSA) is 60.9 Å². The van der Waals surface area contributed by atoms with Crippen molar-refractivity contribution in [2.24, 2.45) is 0 Å². The lowest BCUT2D eigenvalue weighted by atomic mass is 9.79. The number of likely N-dealkylation sites (N-methyl/N-ethyl adjacent to an activating group) is 1. The van der Waals surface area contributed by atoms with Gasteiger partial charge in [-0.05, 0) is 43.0 Å². The second kappa shape index (κ2) is 5.66. The summed E-state index contributed by atoms with van der Waals surface area (Å²) in [5.74, 6) is -0.384. The summed E-state index contributed by atoms with van der Waals surface area (Å²) < 4.78 is 1.01. The van der Waals surface area contributed by atoms with Gasteiger partial charge in [-0.2, -0.15) is 0 Å². The van der Waals surface area contributed by atoms with E-state index < -0.39 is 5.60 Å². The first-order valence-electron chi connectivity index (χ1n) is 7.50. The fourth-order valence-electron chi connectivity index (χ4n) is 3.23. The van der Waals surface area contributed by atoms with E-state index in [4.69, 9.17) is 0 Å². The number of aliphatic hydroxyl groups is 1. The summed E-state index contributed by atoms with van der Waals surface area (Å²) in [6.07, 6.45) is 1.37. The molecule has 1 aliphatic heterocycles. The molecule has 0 aromatic heterocycles. The monoisotopic (exact) mass is 366 g/mol. The van der Waals surface area contributed by atoms with Crippen LogP contribution in [0.3, 0.4) is 0 Å². The third-order valence-corrected chi connectivity index (χ3v) is 5.04. The van der Waals surface area contributed by atoms with Crippen LogP contribution in [0.1, 0.15) is 24.5 Å². The van der Waals surface area contributed by atoms with E-state index in [0.717, 1.165) is 10.0 Å². The second-order valence-electron chi connectivity index (χ2n) is 6.02. The van der Waals surface area contributed by atoms with Crippen LogP contribution < -0.4 is 0 Å².